The van der Waals surface area contributed by atoms with E-state index in [-0.39, 0.29) is 17.0 Å². The third kappa shape index (κ3) is 5.06. The zero-order chi connectivity index (χ0) is 25.3. The average molecular weight is 496 g/mol. The number of amides is 2. The lowest BCUT2D eigenvalue weighted by Crippen LogP contribution is -2.33. The predicted molar refractivity (Wildman–Crippen MR) is 130 cm³/mol. The first kappa shape index (κ1) is 23.9. The van der Waals surface area contributed by atoms with Crippen LogP contribution in [0.4, 0.5) is 18.9 Å². The first-order valence-electron chi connectivity index (χ1n) is 11.7. The highest BCUT2D eigenvalue weighted by molar-refractivity contribution is 6.34. The van der Waals surface area contributed by atoms with Crippen LogP contribution >= 0.6 is 0 Å². The van der Waals surface area contributed by atoms with Crippen molar-refractivity contribution >= 4 is 29.2 Å². The number of nitrogens with zero attached hydrogens (tertiary/aromatic N) is 1. The van der Waals surface area contributed by atoms with E-state index in [4.69, 9.17) is 4.42 Å². The molecule has 2 aliphatic heterocycles. The summed E-state index contributed by atoms with van der Waals surface area (Å²) in [5.41, 5.74) is 0.897. The molecule has 0 radical (unpaired) electrons. The highest BCUT2D eigenvalue weighted by Crippen LogP contribution is 2.38. The standard InChI is InChI=1S/C27H24F3N3O3/c28-27(29,30)19-6-8-23-21(15-19)22(26(35)32-23)16-20-7-9-24(36-20)17-4-3-5-18(14-17)25(34)31-10-13-33-11-1-2-12-33/h3-9,14-16H,1-2,10-13H2,(H,31,34)(H,32,35). The third-order valence-corrected chi connectivity index (χ3v) is 6.36. The molecule has 0 aliphatic carbocycles. The van der Waals surface area contributed by atoms with Crippen LogP contribution in [0.2, 0.25) is 0 Å². The number of nitrogens with one attached hydrogen (secondary N) is 2. The molecule has 0 spiro atoms. The van der Waals surface area contributed by atoms with Crippen LogP contribution in [0.25, 0.3) is 23.0 Å². The molecule has 186 valence electrons. The minimum atomic E-state index is -4.52. The Hall–Kier alpha value is -3.85. The maximum Gasteiger partial charge on any atom is 0.416 e. The van der Waals surface area contributed by atoms with Crippen molar-refractivity contribution in [3.05, 3.63) is 77.0 Å². The SMILES string of the molecule is O=C1Nc2ccc(C(F)(F)F)cc2C1=Cc1ccc(-c2cccc(C(=O)NCCN3CCCC3)c2)o1. The fourth-order valence-electron chi connectivity index (χ4n) is 4.49. The highest BCUT2D eigenvalue weighted by atomic mass is 19.4. The zero-order valence-electron chi connectivity index (χ0n) is 19.3. The molecule has 5 rings (SSSR count). The van der Waals surface area contributed by atoms with Gasteiger partial charge >= 0.3 is 6.18 Å². The number of carbonyl (C=O) groups is 2. The molecule has 2 aliphatic rings. The van der Waals surface area contributed by atoms with Crippen molar-refractivity contribution < 1.29 is 27.2 Å². The molecule has 0 saturated carbocycles. The van der Waals surface area contributed by atoms with Gasteiger partial charge in [0, 0.05) is 35.5 Å². The van der Waals surface area contributed by atoms with Gasteiger partial charge in [-0.05, 0) is 74.5 Å². The predicted octanol–water partition coefficient (Wildman–Crippen LogP) is 5.28. The van der Waals surface area contributed by atoms with Crippen molar-refractivity contribution in [2.45, 2.75) is 19.0 Å². The maximum absolute atomic E-state index is 13.2. The summed E-state index contributed by atoms with van der Waals surface area (Å²) >= 11 is 0. The first-order chi connectivity index (χ1) is 17.3. The first-order valence-corrected chi connectivity index (χ1v) is 11.7. The van der Waals surface area contributed by atoms with E-state index in [0.717, 1.165) is 31.8 Å². The van der Waals surface area contributed by atoms with Crippen LogP contribution in [0.5, 0.6) is 0 Å². The number of carbonyl (C=O) groups excluding carboxylic acids is 2. The molecule has 1 fully saturated rings. The molecule has 6 nitrogen and oxygen atoms in total. The summed E-state index contributed by atoms with van der Waals surface area (Å²) in [6, 6.07) is 13.4. The molecule has 1 aromatic heterocycles. The summed E-state index contributed by atoms with van der Waals surface area (Å²) in [5.74, 6) is 0.0941. The molecule has 36 heavy (non-hydrogen) atoms. The topological polar surface area (TPSA) is 74.6 Å². The van der Waals surface area contributed by atoms with Crippen molar-refractivity contribution in [1.82, 2.24) is 10.2 Å². The monoisotopic (exact) mass is 495 g/mol. The van der Waals surface area contributed by atoms with Gasteiger partial charge in [-0.3, -0.25) is 9.59 Å². The lowest BCUT2D eigenvalue weighted by Gasteiger charge is -2.14. The number of fused-ring (bicyclic) bond motifs is 1. The van der Waals surface area contributed by atoms with E-state index >= 15 is 0 Å². The fraction of sp³-hybridized carbons (Fsp3) is 0.259. The number of likely N-dealkylation sites (tertiary alicyclic amines) is 1. The van der Waals surface area contributed by atoms with Crippen molar-refractivity contribution in [3.63, 3.8) is 0 Å². The van der Waals surface area contributed by atoms with Crippen LogP contribution in [-0.4, -0.2) is 42.9 Å². The summed E-state index contributed by atoms with van der Waals surface area (Å²) in [6.07, 6.45) is -0.706. The van der Waals surface area contributed by atoms with Crippen molar-refractivity contribution in [2.75, 3.05) is 31.5 Å². The number of halogens is 3. The van der Waals surface area contributed by atoms with E-state index in [0.29, 0.717) is 34.9 Å². The van der Waals surface area contributed by atoms with Gasteiger partial charge in [-0.1, -0.05) is 12.1 Å². The summed E-state index contributed by atoms with van der Waals surface area (Å²) in [5, 5.41) is 5.52. The zero-order valence-corrected chi connectivity index (χ0v) is 19.3. The molecule has 3 aromatic rings. The van der Waals surface area contributed by atoms with Gasteiger partial charge in [0.2, 0.25) is 0 Å². The largest absolute Gasteiger partial charge is 0.457 e. The molecule has 9 heteroatoms. The Labute approximate surface area is 205 Å². The Morgan fingerprint density at radius 2 is 1.89 bits per heavy atom. The molecule has 2 amide bonds. The quantitative estimate of drug-likeness (QED) is 0.456. The van der Waals surface area contributed by atoms with Crippen LogP contribution in [0, 0.1) is 0 Å². The van der Waals surface area contributed by atoms with Crippen LogP contribution in [0.15, 0.2) is 59.0 Å². The molecular formula is C27H24F3N3O3. The molecule has 0 atom stereocenters. The number of hydrogen-bond acceptors (Lipinski definition) is 4. The lowest BCUT2D eigenvalue weighted by atomic mass is 10.0. The van der Waals surface area contributed by atoms with Crippen molar-refractivity contribution in [1.29, 1.82) is 0 Å². The van der Waals surface area contributed by atoms with E-state index < -0.39 is 17.6 Å². The van der Waals surface area contributed by atoms with Gasteiger partial charge in [-0.2, -0.15) is 13.2 Å². The summed E-state index contributed by atoms with van der Waals surface area (Å²) < 4.78 is 45.3. The lowest BCUT2D eigenvalue weighted by molar-refractivity contribution is -0.137. The van der Waals surface area contributed by atoms with E-state index in [1.807, 2.05) is 0 Å². The molecule has 2 N–H and O–H groups in total. The van der Waals surface area contributed by atoms with Crippen molar-refractivity contribution in [2.24, 2.45) is 0 Å². The van der Waals surface area contributed by atoms with Gasteiger partial charge in [0.25, 0.3) is 11.8 Å². The summed E-state index contributed by atoms with van der Waals surface area (Å²) in [4.78, 5) is 27.3. The van der Waals surface area contributed by atoms with Crippen LogP contribution in [0.1, 0.15) is 40.1 Å². The van der Waals surface area contributed by atoms with E-state index in [2.05, 4.69) is 15.5 Å². The smallest absolute Gasteiger partial charge is 0.416 e. The summed E-state index contributed by atoms with van der Waals surface area (Å²) in [6.45, 7) is 3.53. The van der Waals surface area contributed by atoms with Crippen LogP contribution < -0.4 is 10.6 Å². The Morgan fingerprint density at radius 3 is 2.67 bits per heavy atom. The van der Waals surface area contributed by atoms with Gasteiger partial charge in [0.15, 0.2) is 0 Å². The Kier molecular flexibility index (Phi) is 6.40. The molecule has 0 bridgehead atoms. The second-order valence-corrected chi connectivity index (χ2v) is 8.86. The molecule has 1 saturated heterocycles. The molecule has 2 aromatic carbocycles. The Morgan fingerprint density at radius 1 is 1.08 bits per heavy atom. The second-order valence-electron chi connectivity index (χ2n) is 8.86. The van der Waals surface area contributed by atoms with Crippen LogP contribution in [-0.2, 0) is 11.0 Å². The second kappa shape index (κ2) is 9.66. The van der Waals surface area contributed by atoms with E-state index in [1.54, 1.807) is 36.4 Å². The number of hydrogen-bond donors (Lipinski definition) is 2. The van der Waals surface area contributed by atoms with Gasteiger partial charge in [0.1, 0.15) is 11.5 Å². The van der Waals surface area contributed by atoms with Crippen molar-refractivity contribution in [3.8, 4) is 11.3 Å². The fourth-order valence-corrected chi connectivity index (χ4v) is 4.49. The van der Waals surface area contributed by atoms with Crippen LogP contribution in [0.3, 0.4) is 0 Å². The number of anilines is 1. The molecule has 3 heterocycles. The van der Waals surface area contributed by atoms with E-state index in [1.165, 1.54) is 25.0 Å². The molecule has 0 unspecified atom stereocenters. The van der Waals surface area contributed by atoms with Gasteiger partial charge < -0.3 is 20.0 Å². The number of furan rings is 1. The minimum absolute atomic E-state index is 0.0862. The number of rotatable bonds is 6. The number of benzene rings is 2. The maximum atomic E-state index is 13.2. The van der Waals surface area contributed by atoms with Gasteiger partial charge in [-0.25, -0.2) is 0 Å². The van der Waals surface area contributed by atoms with Gasteiger partial charge in [-0.15, -0.1) is 0 Å². The number of alkyl halides is 3. The normalized spacial score (nSPS) is 16.9. The third-order valence-electron chi connectivity index (χ3n) is 6.36. The van der Waals surface area contributed by atoms with E-state index in [9.17, 15) is 22.8 Å². The molecular weight excluding hydrogens is 471 g/mol. The van der Waals surface area contributed by atoms with Gasteiger partial charge in [0.05, 0.1) is 11.1 Å². The average Bonchev–Trinajstić information content (AvgIpc) is 3.60. The Balaban J connectivity index is 1.32. The Bertz CT molecular complexity index is 1340. The summed E-state index contributed by atoms with van der Waals surface area (Å²) in [7, 11) is 0. The highest BCUT2D eigenvalue weighted by Gasteiger charge is 2.34. The minimum Gasteiger partial charge on any atom is -0.457 e.